The minimum absolute atomic E-state index is 0.0663. The van der Waals surface area contributed by atoms with Gasteiger partial charge >= 0.3 is 0 Å². The standard InChI is InChI=1S/C12H21N5O2/c1-4-5-9-15-11(17-16-9)12(19)14-7-10(18)13-6-8(2)3/h8H,4-7H2,1-3H3,(H,13,18)(H,14,19)(H,15,16,17). The van der Waals surface area contributed by atoms with Crippen LogP contribution in [0.3, 0.4) is 0 Å². The van der Waals surface area contributed by atoms with Crippen LogP contribution in [0.15, 0.2) is 0 Å². The fourth-order valence-corrected chi connectivity index (χ4v) is 1.37. The number of aromatic nitrogens is 3. The van der Waals surface area contributed by atoms with Gasteiger partial charge in [0.25, 0.3) is 5.91 Å². The molecule has 1 aromatic rings. The molecule has 0 aliphatic heterocycles. The van der Waals surface area contributed by atoms with E-state index in [9.17, 15) is 9.59 Å². The van der Waals surface area contributed by atoms with Crippen LogP contribution in [0.5, 0.6) is 0 Å². The Labute approximate surface area is 112 Å². The number of amides is 2. The molecule has 1 aromatic heterocycles. The van der Waals surface area contributed by atoms with Crippen molar-refractivity contribution in [3.8, 4) is 0 Å². The fraction of sp³-hybridized carbons (Fsp3) is 0.667. The quantitative estimate of drug-likeness (QED) is 0.659. The molecule has 106 valence electrons. The molecule has 0 aliphatic rings. The van der Waals surface area contributed by atoms with E-state index in [-0.39, 0.29) is 18.3 Å². The summed E-state index contributed by atoms with van der Waals surface area (Å²) >= 11 is 0. The van der Waals surface area contributed by atoms with Crippen molar-refractivity contribution in [2.75, 3.05) is 13.1 Å². The van der Waals surface area contributed by atoms with Crippen LogP contribution in [-0.2, 0) is 11.2 Å². The lowest BCUT2D eigenvalue weighted by Gasteiger charge is -2.07. The first kappa shape index (κ1) is 15.1. The van der Waals surface area contributed by atoms with Crippen molar-refractivity contribution in [1.29, 1.82) is 0 Å². The van der Waals surface area contributed by atoms with Gasteiger partial charge in [0.2, 0.25) is 11.7 Å². The molecule has 0 radical (unpaired) electrons. The van der Waals surface area contributed by atoms with Crippen LogP contribution in [0, 0.1) is 5.92 Å². The number of H-pyrrole nitrogens is 1. The largest absolute Gasteiger partial charge is 0.354 e. The summed E-state index contributed by atoms with van der Waals surface area (Å²) in [6, 6.07) is 0. The van der Waals surface area contributed by atoms with Crippen molar-refractivity contribution in [3.05, 3.63) is 11.6 Å². The van der Waals surface area contributed by atoms with Crippen molar-refractivity contribution in [1.82, 2.24) is 25.8 Å². The summed E-state index contributed by atoms with van der Waals surface area (Å²) in [6.07, 6.45) is 1.67. The summed E-state index contributed by atoms with van der Waals surface area (Å²) in [5, 5.41) is 11.7. The maximum Gasteiger partial charge on any atom is 0.291 e. The Hall–Kier alpha value is -1.92. The Kier molecular flexibility index (Phi) is 5.98. The van der Waals surface area contributed by atoms with Crippen LogP contribution >= 0.6 is 0 Å². The van der Waals surface area contributed by atoms with E-state index in [1.165, 1.54) is 0 Å². The van der Waals surface area contributed by atoms with Crippen molar-refractivity contribution in [2.24, 2.45) is 5.92 Å². The number of nitrogens with one attached hydrogen (secondary N) is 3. The second-order valence-corrected chi connectivity index (χ2v) is 4.74. The molecule has 2 amide bonds. The van der Waals surface area contributed by atoms with Crippen LogP contribution < -0.4 is 10.6 Å². The Morgan fingerprint density at radius 3 is 2.68 bits per heavy atom. The maximum atomic E-state index is 11.7. The zero-order valence-electron chi connectivity index (χ0n) is 11.6. The van der Waals surface area contributed by atoms with Gasteiger partial charge < -0.3 is 10.6 Å². The van der Waals surface area contributed by atoms with Gasteiger partial charge in [0, 0.05) is 13.0 Å². The number of nitrogens with zero attached hydrogens (tertiary/aromatic N) is 2. The van der Waals surface area contributed by atoms with Crippen LogP contribution in [0.25, 0.3) is 0 Å². The number of aryl methyl sites for hydroxylation is 1. The highest BCUT2D eigenvalue weighted by Gasteiger charge is 2.13. The summed E-state index contributed by atoms with van der Waals surface area (Å²) < 4.78 is 0. The molecule has 0 bridgehead atoms. The first-order valence-electron chi connectivity index (χ1n) is 6.49. The molecular weight excluding hydrogens is 246 g/mol. The van der Waals surface area contributed by atoms with Crippen molar-refractivity contribution >= 4 is 11.8 Å². The molecule has 1 heterocycles. The zero-order valence-corrected chi connectivity index (χ0v) is 11.6. The van der Waals surface area contributed by atoms with Gasteiger partial charge in [-0.3, -0.25) is 14.7 Å². The number of carbonyl (C=O) groups excluding carboxylic acids is 2. The summed E-state index contributed by atoms with van der Waals surface area (Å²) in [5.41, 5.74) is 0. The third kappa shape index (κ3) is 5.50. The third-order valence-corrected chi connectivity index (χ3v) is 2.34. The topological polar surface area (TPSA) is 99.8 Å². The number of carbonyl (C=O) groups is 2. The Bertz CT molecular complexity index is 428. The molecule has 0 unspecified atom stereocenters. The van der Waals surface area contributed by atoms with Gasteiger partial charge in [-0.15, -0.1) is 5.10 Å². The minimum atomic E-state index is -0.446. The Morgan fingerprint density at radius 2 is 2.05 bits per heavy atom. The highest BCUT2D eigenvalue weighted by Crippen LogP contribution is 1.96. The molecule has 0 saturated carbocycles. The van der Waals surface area contributed by atoms with Gasteiger partial charge in [0.1, 0.15) is 5.82 Å². The molecule has 0 fully saturated rings. The lowest BCUT2D eigenvalue weighted by atomic mass is 10.2. The van der Waals surface area contributed by atoms with Gasteiger partial charge in [-0.1, -0.05) is 20.8 Å². The third-order valence-electron chi connectivity index (χ3n) is 2.34. The SMILES string of the molecule is CCCc1nc(C(=O)NCC(=O)NCC(C)C)n[nH]1. The molecule has 1 rings (SSSR count). The monoisotopic (exact) mass is 267 g/mol. The first-order chi connectivity index (χ1) is 9.02. The number of hydrogen-bond donors (Lipinski definition) is 3. The molecule has 7 heteroatoms. The molecule has 3 N–H and O–H groups in total. The van der Waals surface area contributed by atoms with E-state index >= 15 is 0 Å². The Balaban J connectivity index is 2.35. The van der Waals surface area contributed by atoms with Crippen LogP contribution in [-0.4, -0.2) is 40.1 Å². The molecule has 0 spiro atoms. The number of rotatable bonds is 7. The molecule has 0 aliphatic carbocycles. The second kappa shape index (κ2) is 7.50. The van der Waals surface area contributed by atoms with Crippen LogP contribution in [0.2, 0.25) is 0 Å². The first-order valence-corrected chi connectivity index (χ1v) is 6.49. The van der Waals surface area contributed by atoms with E-state index in [4.69, 9.17) is 0 Å². The molecule has 0 aromatic carbocycles. The lowest BCUT2D eigenvalue weighted by Crippen LogP contribution is -2.38. The molecule has 7 nitrogen and oxygen atoms in total. The van der Waals surface area contributed by atoms with Gasteiger partial charge in [-0.25, -0.2) is 4.98 Å². The summed E-state index contributed by atoms with van der Waals surface area (Å²) in [4.78, 5) is 27.1. The summed E-state index contributed by atoms with van der Waals surface area (Å²) in [7, 11) is 0. The van der Waals surface area contributed by atoms with E-state index in [2.05, 4.69) is 25.8 Å². The van der Waals surface area contributed by atoms with E-state index in [0.29, 0.717) is 18.3 Å². The van der Waals surface area contributed by atoms with E-state index in [1.807, 2.05) is 20.8 Å². The zero-order chi connectivity index (χ0) is 14.3. The molecule has 0 saturated heterocycles. The molecule has 0 atom stereocenters. The average Bonchev–Trinajstić information content (AvgIpc) is 2.82. The van der Waals surface area contributed by atoms with Gasteiger partial charge in [-0.2, -0.15) is 0 Å². The maximum absolute atomic E-state index is 11.7. The lowest BCUT2D eigenvalue weighted by molar-refractivity contribution is -0.120. The predicted molar refractivity (Wildman–Crippen MR) is 70.6 cm³/mol. The van der Waals surface area contributed by atoms with Crippen molar-refractivity contribution in [3.63, 3.8) is 0 Å². The predicted octanol–water partition coefficient (Wildman–Crippen LogP) is 0.259. The van der Waals surface area contributed by atoms with Crippen LogP contribution in [0.4, 0.5) is 0 Å². The van der Waals surface area contributed by atoms with E-state index in [1.54, 1.807) is 0 Å². The minimum Gasteiger partial charge on any atom is -0.354 e. The summed E-state index contributed by atoms with van der Waals surface area (Å²) in [5.74, 6) is 0.464. The molecule has 19 heavy (non-hydrogen) atoms. The second-order valence-electron chi connectivity index (χ2n) is 4.74. The normalized spacial score (nSPS) is 10.5. The molecular formula is C12H21N5O2. The van der Waals surface area contributed by atoms with Crippen molar-refractivity contribution < 1.29 is 9.59 Å². The highest BCUT2D eigenvalue weighted by molar-refractivity contribution is 5.93. The van der Waals surface area contributed by atoms with Gasteiger partial charge in [0.05, 0.1) is 6.54 Å². The van der Waals surface area contributed by atoms with Gasteiger partial charge in [-0.05, 0) is 12.3 Å². The fourth-order valence-electron chi connectivity index (χ4n) is 1.37. The summed E-state index contributed by atoms with van der Waals surface area (Å²) in [6.45, 7) is 6.55. The number of aromatic amines is 1. The van der Waals surface area contributed by atoms with Gasteiger partial charge in [0.15, 0.2) is 0 Å². The van der Waals surface area contributed by atoms with E-state index in [0.717, 1.165) is 12.8 Å². The van der Waals surface area contributed by atoms with E-state index < -0.39 is 5.91 Å². The highest BCUT2D eigenvalue weighted by atomic mass is 16.2. The van der Waals surface area contributed by atoms with Crippen molar-refractivity contribution in [2.45, 2.75) is 33.6 Å². The number of hydrogen-bond acceptors (Lipinski definition) is 4. The smallest absolute Gasteiger partial charge is 0.291 e. The average molecular weight is 267 g/mol. The Morgan fingerprint density at radius 1 is 1.32 bits per heavy atom. The van der Waals surface area contributed by atoms with Crippen LogP contribution in [0.1, 0.15) is 43.6 Å².